The first-order chi connectivity index (χ1) is 13.0. The summed E-state index contributed by atoms with van der Waals surface area (Å²) < 4.78 is 5.60. The molecule has 3 aromatic rings. The average molecular weight is 362 g/mol. The number of aryl methyl sites for hydroxylation is 1. The van der Waals surface area contributed by atoms with E-state index < -0.39 is 17.8 Å². The molecule has 2 amide bonds. The highest BCUT2D eigenvalue weighted by atomic mass is 16.7. The molecule has 1 aliphatic heterocycles. The largest absolute Gasteiger partial charge is 0.441 e. The monoisotopic (exact) mass is 362 g/mol. The van der Waals surface area contributed by atoms with Crippen molar-refractivity contribution in [2.75, 3.05) is 0 Å². The predicted molar refractivity (Wildman–Crippen MR) is 93.4 cm³/mol. The Balaban J connectivity index is 1.49. The molecule has 0 N–H and O–H groups in total. The van der Waals surface area contributed by atoms with E-state index in [1.54, 1.807) is 19.1 Å². The van der Waals surface area contributed by atoms with Crippen LogP contribution in [-0.2, 0) is 16.1 Å². The van der Waals surface area contributed by atoms with E-state index >= 15 is 0 Å². The first kappa shape index (κ1) is 16.7. The van der Waals surface area contributed by atoms with Crippen molar-refractivity contribution >= 4 is 17.8 Å². The molecule has 2 heterocycles. The fourth-order valence-corrected chi connectivity index (χ4v) is 2.82. The Kier molecular flexibility index (Phi) is 4.04. The third-order valence-corrected chi connectivity index (χ3v) is 4.18. The summed E-state index contributed by atoms with van der Waals surface area (Å²) in [5, 5.41) is 0.487. The molecule has 134 valence electrons. The number of amides is 2. The third-order valence-electron chi connectivity index (χ3n) is 4.18. The van der Waals surface area contributed by atoms with Crippen molar-refractivity contribution in [3.63, 3.8) is 0 Å². The lowest BCUT2D eigenvalue weighted by molar-refractivity contribution is -0.167. The lowest BCUT2D eigenvalue weighted by atomic mass is 10.1. The van der Waals surface area contributed by atoms with Gasteiger partial charge in [-0.05, 0) is 31.2 Å². The van der Waals surface area contributed by atoms with Crippen molar-refractivity contribution in [1.29, 1.82) is 0 Å². The van der Waals surface area contributed by atoms with Gasteiger partial charge in [0, 0.05) is 5.56 Å². The van der Waals surface area contributed by atoms with Gasteiger partial charge in [-0.15, -0.1) is 0 Å². The minimum Gasteiger partial charge on any atom is -0.441 e. The molecule has 0 bridgehead atoms. The van der Waals surface area contributed by atoms with Crippen molar-refractivity contribution < 1.29 is 23.6 Å². The summed E-state index contributed by atoms with van der Waals surface area (Å²) in [6, 6.07) is 15.6. The number of benzene rings is 2. The molecule has 7 heteroatoms. The summed E-state index contributed by atoms with van der Waals surface area (Å²) in [7, 11) is 0. The minimum absolute atomic E-state index is 0.208. The fourth-order valence-electron chi connectivity index (χ4n) is 2.82. The second-order valence-electron chi connectivity index (χ2n) is 5.98. The second kappa shape index (κ2) is 6.53. The number of rotatable bonds is 4. The Labute approximate surface area is 154 Å². The molecule has 0 unspecified atom stereocenters. The van der Waals surface area contributed by atoms with Gasteiger partial charge in [-0.3, -0.25) is 9.59 Å². The molecule has 0 spiro atoms. The van der Waals surface area contributed by atoms with Crippen LogP contribution in [0.25, 0.3) is 11.5 Å². The van der Waals surface area contributed by atoms with Gasteiger partial charge in [0.1, 0.15) is 5.76 Å². The number of hydrogen-bond donors (Lipinski definition) is 0. The molecule has 1 aromatic heterocycles. The Morgan fingerprint density at radius 3 is 2.22 bits per heavy atom. The first-order valence-corrected chi connectivity index (χ1v) is 8.25. The molecule has 0 atom stereocenters. The molecule has 7 nitrogen and oxygen atoms in total. The molecule has 0 fully saturated rings. The van der Waals surface area contributed by atoms with Gasteiger partial charge >= 0.3 is 5.97 Å². The maximum Gasteiger partial charge on any atom is 0.339 e. The van der Waals surface area contributed by atoms with Crippen molar-refractivity contribution in [1.82, 2.24) is 10.0 Å². The molecular formula is C20H14N2O5. The highest BCUT2D eigenvalue weighted by molar-refractivity contribution is 6.20. The van der Waals surface area contributed by atoms with Gasteiger partial charge in [0.15, 0.2) is 0 Å². The van der Waals surface area contributed by atoms with Gasteiger partial charge in [0.05, 0.1) is 23.2 Å². The van der Waals surface area contributed by atoms with Crippen molar-refractivity contribution in [3.8, 4) is 11.5 Å². The molecule has 1 aliphatic rings. The molecule has 0 saturated heterocycles. The minimum atomic E-state index is -0.777. The summed E-state index contributed by atoms with van der Waals surface area (Å²) >= 11 is 0. The number of hydrogen-bond acceptors (Lipinski definition) is 6. The highest BCUT2D eigenvalue weighted by Crippen LogP contribution is 2.24. The van der Waals surface area contributed by atoms with Crippen LogP contribution in [0, 0.1) is 6.92 Å². The van der Waals surface area contributed by atoms with E-state index in [-0.39, 0.29) is 17.5 Å². The number of aromatic nitrogens is 1. The van der Waals surface area contributed by atoms with Gasteiger partial charge in [-0.1, -0.05) is 35.4 Å². The predicted octanol–water partition coefficient (Wildman–Crippen LogP) is 2.95. The third kappa shape index (κ3) is 2.99. The van der Waals surface area contributed by atoms with Gasteiger partial charge in [0.25, 0.3) is 11.8 Å². The van der Waals surface area contributed by atoms with Crippen LogP contribution in [-0.4, -0.2) is 27.8 Å². The molecular weight excluding hydrogens is 348 g/mol. The van der Waals surface area contributed by atoms with E-state index in [0.717, 1.165) is 5.56 Å². The van der Waals surface area contributed by atoms with E-state index in [0.29, 0.717) is 22.4 Å². The summed E-state index contributed by atoms with van der Waals surface area (Å²) in [5.41, 5.74) is 1.58. The number of imide groups is 1. The zero-order chi connectivity index (χ0) is 19.0. The Bertz CT molecular complexity index is 1020. The van der Waals surface area contributed by atoms with Crippen LogP contribution in [0.1, 0.15) is 32.2 Å². The lowest BCUT2D eigenvalue weighted by Crippen LogP contribution is -2.33. The van der Waals surface area contributed by atoms with Crippen LogP contribution >= 0.6 is 0 Å². The number of carbonyl (C=O) groups is 3. The fraction of sp³-hybridized carbons (Fsp3) is 0.100. The van der Waals surface area contributed by atoms with Crippen LogP contribution < -0.4 is 0 Å². The molecule has 0 aliphatic carbocycles. The Morgan fingerprint density at radius 2 is 1.59 bits per heavy atom. The SMILES string of the molecule is Cc1oc(-c2ccccc2)nc1CC(=O)ON1C(=O)c2ccccc2C1=O. The first-order valence-electron chi connectivity index (χ1n) is 8.25. The summed E-state index contributed by atoms with van der Waals surface area (Å²) in [6.45, 7) is 1.68. The van der Waals surface area contributed by atoms with E-state index in [1.165, 1.54) is 12.1 Å². The number of nitrogens with zero attached hydrogens (tertiary/aromatic N) is 2. The van der Waals surface area contributed by atoms with Crippen LogP contribution in [0.4, 0.5) is 0 Å². The Hall–Kier alpha value is -3.74. The van der Waals surface area contributed by atoms with Gasteiger partial charge in [-0.25, -0.2) is 9.78 Å². The quantitative estimate of drug-likeness (QED) is 0.663. The molecule has 4 rings (SSSR count). The summed E-state index contributed by atoms with van der Waals surface area (Å²) in [6.07, 6.45) is -0.227. The van der Waals surface area contributed by atoms with Crippen molar-refractivity contribution in [2.24, 2.45) is 0 Å². The Morgan fingerprint density at radius 1 is 1.00 bits per heavy atom. The maximum atomic E-state index is 12.3. The zero-order valence-electron chi connectivity index (χ0n) is 14.3. The maximum absolute atomic E-state index is 12.3. The number of fused-ring (bicyclic) bond motifs is 1. The van der Waals surface area contributed by atoms with E-state index in [2.05, 4.69) is 4.98 Å². The number of hydroxylamine groups is 2. The van der Waals surface area contributed by atoms with Gasteiger partial charge in [-0.2, -0.15) is 0 Å². The van der Waals surface area contributed by atoms with E-state index in [4.69, 9.17) is 9.25 Å². The standard InChI is InChI=1S/C20H14N2O5/c1-12-16(21-18(26-12)13-7-3-2-4-8-13)11-17(23)27-22-19(24)14-9-5-6-10-15(14)20(22)25/h2-10H,11H2,1H3. The van der Waals surface area contributed by atoms with Crippen LogP contribution in [0.5, 0.6) is 0 Å². The van der Waals surface area contributed by atoms with Gasteiger partial charge < -0.3 is 9.25 Å². The number of carbonyl (C=O) groups excluding carboxylic acids is 3. The summed E-state index contributed by atoms with van der Waals surface area (Å²) in [5.74, 6) is -1.25. The van der Waals surface area contributed by atoms with E-state index in [1.807, 2.05) is 30.3 Å². The second-order valence-corrected chi connectivity index (χ2v) is 5.98. The van der Waals surface area contributed by atoms with E-state index in [9.17, 15) is 14.4 Å². The zero-order valence-corrected chi connectivity index (χ0v) is 14.3. The summed E-state index contributed by atoms with van der Waals surface area (Å²) in [4.78, 5) is 46.1. The van der Waals surface area contributed by atoms with Crippen molar-refractivity contribution in [3.05, 3.63) is 77.2 Å². The molecule has 0 radical (unpaired) electrons. The highest BCUT2D eigenvalue weighted by Gasteiger charge is 2.38. The van der Waals surface area contributed by atoms with Gasteiger partial charge in [0.2, 0.25) is 5.89 Å². The topological polar surface area (TPSA) is 89.7 Å². The molecule has 2 aromatic carbocycles. The molecule has 0 saturated carbocycles. The van der Waals surface area contributed by atoms with Crippen LogP contribution in [0.2, 0.25) is 0 Å². The molecule has 27 heavy (non-hydrogen) atoms. The normalized spacial score (nSPS) is 13.0. The van der Waals surface area contributed by atoms with Crippen LogP contribution in [0.15, 0.2) is 59.0 Å². The lowest BCUT2D eigenvalue weighted by Gasteiger charge is -2.12. The smallest absolute Gasteiger partial charge is 0.339 e. The number of oxazole rings is 1. The average Bonchev–Trinajstić information content (AvgIpc) is 3.16. The van der Waals surface area contributed by atoms with Crippen LogP contribution in [0.3, 0.4) is 0 Å². The van der Waals surface area contributed by atoms with Crippen molar-refractivity contribution in [2.45, 2.75) is 13.3 Å².